The van der Waals surface area contributed by atoms with Crippen molar-refractivity contribution in [2.75, 3.05) is 0 Å². The first kappa shape index (κ1) is 16.3. The molecule has 0 spiro atoms. The van der Waals surface area contributed by atoms with Crippen molar-refractivity contribution in [1.29, 1.82) is 0 Å². The van der Waals surface area contributed by atoms with Crippen LogP contribution in [0.2, 0.25) is 0 Å². The van der Waals surface area contributed by atoms with Gasteiger partial charge in [-0.2, -0.15) is 0 Å². The molecule has 1 unspecified atom stereocenters. The number of ketones is 1. The van der Waals surface area contributed by atoms with Crippen molar-refractivity contribution in [1.82, 2.24) is 0 Å². The van der Waals surface area contributed by atoms with Gasteiger partial charge >= 0.3 is 0 Å². The fourth-order valence-electron chi connectivity index (χ4n) is 4.41. The van der Waals surface area contributed by atoms with E-state index in [0.29, 0.717) is 18.1 Å². The Morgan fingerprint density at radius 2 is 1.81 bits per heavy atom. The first-order chi connectivity index (χ1) is 9.76. The molecule has 116 valence electrons. The van der Waals surface area contributed by atoms with Crippen molar-refractivity contribution in [2.24, 2.45) is 22.7 Å². The summed E-state index contributed by atoms with van der Waals surface area (Å²) in [6.07, 6.45) is 3.75. The van der Waals surface area contributed by atoms with Crippen LogP contribution in [0.1, 0.15) is 59.4 Å². The van der Waals surface area contributed by atoms with E-state index in [4.69, 9.17) is 0 Å². The minimum absolute atomic E-state index is 0.147. The van der Waals surface area contributed by atoms with Crippen LogP contribution in [0.4, 0.5) is 0 Å². The highest BCUT2D eigenvalue weighted by atomic mass is 16.1. The first-order valence-electron chi connectivity index (χ1n) is 8.32. The molecule has 1 aromatic carbocycles. The Bertz CT molecular complexity index is 486. The molecule has 0 amide bonds. The molecule has 0 radical (unpaired) electrons. The zero-order valence-corrected chi connectivity index (χ0v) is 14.3. The van der Waals surface area contributed by atoms with E-state index >= 15 is 0 Å². The van der Waals surface area contributed by atoms with Crippen molar-refractivity contribution < 1.29 is 4.79 Å². The van der Waals surface area contributed by atoms with Crippen LogP contribution in [-0.4, -0.2) is 5.78 Å². The van der Waals surface area contributed by atoms with Crippen molar-refractivity contribution in [3.8, 4) is 0 Å². The van der Waals surface area contributed by atoms with Crippen LogP contribution in [-0.2, 0) is 11.2 Å². The second kappa shape index (κ2) is 5.94. The summed E-state index contributed by atoms with van der Waals surface area (Å²) in [6, 6.07) is 10.1. The van der Waals surface area contributed by atoms with Gasteiger partial charge in [0.15, 0.2) is 0 Å². The number of hydrogen-bond donors (Lipinski definition) is 0. The Labute approximate surface area is 130 Å². The van der Waals surface area contributed by atoms with Gasteiger partial charge in [-0.1, -0.05) is 65.0 Å². The largest absolute Gasteiger partial charge is 0.299 e. The monoisotopic (exact) mass is 286 g/mol. The maximum absolute atomic E-state index is 12.5. The normalized spacial score (nSPS) is 28.0. The third-order valence-electron chi connectivity index (χ3n) is 6.13. The van der Waals surface area contributed by atoms with Crippen molar-refractivity contribution >= 4 is 5.78 Å². The van der Waals surface area contributed by atoms with Gasteiger partial charge in [-0.05, 0) is 41.1 Å². The van der Waals surface area contributed by atoms with Gasteiger partial charge in [0.2, 0.25) is 0 Å². The van der Waals surface area contributed by atoms with Gasteiger partial charge in [0.1, 0.15) is 5.78 Å². The molecule has 1 heteroatoms. The SMILES string of the molecule is CC(C)C1CC[C@](C)(CC(=O)Cc2ccccc2)C1(C)C. The van der Waals surface area contributed by atoms with E-state index in [9.17, 15) is 4.79 Å². The number of hydrogen-bond acceptors (Lipinski definition) is 1. The predicted molar refractivity (Wildman–Crippen MR) is 89.2 cm³/mol. The summed E-state index contributed by atoms with van der Waals surface area (Å²) >= 11 is 0. The number of benzene rings is 1. The Hall–Kier alpha value is -1.11. The molecule has 0 saturated heterocycles. The van der Waals surface area contributed by atoms with Crippen LogP contribution < -0.4 is 0 Å². The number of Topliss-reactive ketones (excluding diaryl/α,β-unsaturated/α-hetero) is 1. The molecule has 0 heterocycles. The minimum Gasteiger partial charge on any atom is -0.299 e. The molecular weight excluding hydrogens is 256 g/mol. The molecule has 0 aromatic heterocycles. The predicted octanol–water partition coefficient (Wildman–Crippen LogP) is 5.29. The van der Waals surface area contributed by atoms with Crippen LogP contribution in [0.15, 0.2) is 30.3 Å². The molecule has 1 aromatic rings. The quantitative estimate of drug-likeness (QED) is 0.719. The van der Waals surface area contributed by atoms with E-state index in [0.717, 1.165) is 17.9 Å². The van der Waals surface area contributed by atoms with Crippen LogP contribution in [0.5, 0.6) is 0 Å². The van der Waals surface area contributed by atoms with Gasteiger partial charge in [-0.15, -0.1) is 0 Å². The third-order valence-corrected chi connectivity index (χ3v) is 6.13. The van der Waals surface area contributed by atoms with Crippen molar-refractivity contribution in [3.63, 3.8) is 0 Å². The Balaban J connectivity index is 2.06. The molecule has 2 atom stereocenters. The van der Waals surface area contributed by atoms with Gasteiger partial charge in [0, 0.05) is 12.8 Å². The highest BCUT2D eigenvalue weighted by Gasteiger charge is 2.52. The fourth-order valence-corrected chi connectivity index (χ4v) is 4.41. The van der Waals surface area contributed by atoms with Gasteiger partial charge in [0.05, 0.1) is 0 Å². The van der Waals surface area contributed by atoms with Gasteiger partial charge in [0.25, 0.3) is 0 Å². The van der Waals surface area contributed by atoms with E-state index in [1.807, 2.05) is 18.2 Å². The number of carbonyl (C=O) groups is 1. The smallest absolute Gasteiger partial charge is 0.137 e. The Morgan fingerprint density at radius 3 is 2.33 bits per heavy atom. The number of carbonyl (C=O) groups excluding carboxylic acids is 1. The first-order valence-corrected chi connectivity index (χ1v) is 8.32. The lowest BCUT2D eigenvalue weighted by molar-refractivity contribution is -0.122. The molecular formula is C20H30O. The van der Waals surface area contributed by atoms with Crippen LogP contribution in [0.25, 0.3) is 0 Å². The molecule has 0 aliphatic heterocycles. The average Bonchev–Trinajstić information content (AvgIpc) is 2.61. The minimum atomic E-state index is 0.147. The summed E-state index contributed by atoms with van der Waals surface area (Å²) in [7, 11) is 0. The van der Waals surface area contributed by atoms with E-state index in [2.05, 4.69) is 46.8 Å². The second-order valence-corrected chi connectivity index (χ2v) is 8.05. The van der Waals surface area contributed by atoms with Crippen LogP contribution >= 0.6 is 0 Å². The number of rotatable bonds is 5. The standard InChI is InChI=1S/C20H30O/c1-15(2)18-11-12-20(5,19(18,3)4)14-17(21)13-16-9-7-6-8-10-16/h6-10,15,18H,11-14H2,1-5H3/t18?,20-/m1/s1. The lowest BCUT2D eigenvalue weighted by atomic mass is 9.61. The lowest BCUT2D eigenvalue weighted by Gasteiger charge is -2.43. The average molecular weight is 286 g/mol. The highest BCUT2D eigenvalue weighted by molar-refractivity contribution is 5.81. The zero-order valence-electron chi connectivity index (χ0n) is 14.3. The fraction of sp³-hybridized carbons (Fsp3) is 0.650. The van der Waals surface area contributed by atoms with Crippen molar-refractivity contribution in [3.05, 3.63) is 35.9 Å². The summed E-state index contributed by atoms with van der Waals surface area (Å²) in [5.41, 5.74) is 1.53. The highest BCUT2D eigenvalue weighted by Crippen LogP contribution is 2.59. The van der Waals surface area contributed by atoms with Gasteiger partial charge in [-0.3, -0.25) is 4.79 Å². The topological polar surface area (TPSA) is 17.1 Å². The van der Waals surface area contributed by atoms with E-state index in [1.165, 1.54) is 12.8 Å². The summed E-state index contributed by atoms with van der Waals surface area (Å²) in [4.78, 5) is 12.5. The third kappa shape index (κ3) is 3.22. The summed E-state index contributed by atoms with van der Waals surface area (Å²) in [5, 5.41) is 0. The van der Waals surface area contributed by atoms with Gasteiger partial charge < -0.3 is 0 Å². The molecule has 0 N–H and O–H groups in total. The summed E-state index contributed by atoms with van der Waals surface area (Å²) < 4.78 is 0. The molecule has 1 aliphatic carbocycles. The van der Waals surface area contributed by atoms with Gasteiger partial charge in [-0.25, -0.2) is 0 Å². The lowest BCUT2D eigenvalue weighted by Crippen LogP contribution is -2.37. The van der Waals surface area contributed by atoms with Crippen molar-refractivity contribution in [2.45, 2.75) is 60.3 Å². The molecule has 1 saturated carbocycles. The molecule has 2 rings (SSSR count). The van der Waals surface area contributed by atoms with E-state index < -0.39 is 0 Å². The molecule has 21 heavy (non-hydrogen) atoms. The molecule has 0 bridgehead atoms. The summed E-state index contributed by atoms with van der Waals surface area (Å²) in [6.45, 7) is 11.7. The maximum Gasteiger partial charge on any atom is 0.137 e. The molecule has 1 fully saturated rings. The second-order valence-electron chi connectivity index (χ2n) is 8.05. The van der Waals surface area contributed by atoms with E-state index in [1.54, 1.807) is 0 Å². The maximum atomic E-state index is 12.5. The van der Waals surface area contributed by atoms with Crippen LogP contribution in [0.3, 0.4) is 0 Å². The van der Waals surface area contributed by atoms with Crippen LogP contribution in [0, 0.1) is 22.7 Å². The zero-order chi connectivity index (χ0) is 15.7. The molecule has 1 nitrogen and oxygen atoms in total. The molecule has 1 aliphatic rings. The van der Waals surface area contributed by atoms with E-state index in [-0.39, 0.29) is 10.8 Å². The summed E-state index contributed by atoms with van der Waals surface area (Å²) in [5.74, 6) is 1.82. The Kier molecular flexibility index (Phi) is 4.60. The Morgan fingerprint density at radius 1 is 1.19 bits per heavy atom.